The van der Waals surface area contributed by atoms with Crippen LogP contribution in [-0.2, 0) is 0 Å². The van der Waals surface area contributed by atoms with E-state index in [9.17, 15) is 18.8 Å². The summed E-state index contributed by atoms with van der Waals surface area (Å²) >= 11 is 0. The first kappa shape index (κ1) is 10.9. The molecule has 1 N–H and O–H groups in total. The highest BCUT2D eigenvalue weighted by atomic mass is 19.1. The topological polar surface area (TPSA) is 84.8 Å². The Hall–Kier alpha value is -2.57. The number of pyridine rings is 1. The fraction of sp³-hybridized carbons (Fsp3) is 0. The van der Waals surface area contributed by atoms with Crippen molar-refractivity contribution in [2.24, 2.45) is 0 Å². The van der Waals surface area contributed by atoms with Crippen molar-refractivity contribution in [3.8, 4) is 0 Å². The van der Waals surface area contributed by atoms with E-state index < -0.39 is 23.0 Å². The molecular weight excluding hydrogens is 229 g/mol. The van der Waals surface area contributed by atoms with Gasteiger partial charge in [-0.1, -0.05) is 6.07 Å². The molecule has 0 unspecified atom stereocenters. The van der Waals surface area contributed by atoms with E-state index in [2.05, 4.69) is 4.98 Å². The van der Waals surface area contributed by atoms with Gasteiger partial charge in [0.15, 0.2) is 0 Å². The lowest BCUT2D eigenvalue weighted by Crippen LogP contribution is -2.41. The van der Waals surface area contributed by atoms with Crippen LogP contribution in [0.4, 0.5) is 4.39 Å². The normalized spacial score (nSPS) is 10.2. The van der Waals surface area contributed by atoms with Crippen LogP contribution < -0.4 is 11.2 Å². The number of aromatic amines is 1. The highest BCUT2D eigenvalue weighted by Crippen LogP contribution is 1.94. The van der Waals surface area contributed by atoms with Crippen LogP contribution in [0.15, 0.2) is 40.2 Å². The first-order valence-electron chi connectivity index (χ1n) is 4.57. The largest absolute Gasteiger partial charge is 0.335 e. The molecule has 6 nitrogen and oxygen atoms in total. The second-order valence-electron chi connectivity index (χ2n) is 3.10. The Morgan fingerprint density at radius 2 is 2.12 bits per heavy atom. The molecule has 7 heteroatoms. The molecule has 86 valence electrons. The lowest BCUT2D eigenvalue weighted by Gasteiger charge is -2.01. The summed E-state index contributed by atoms with van der Waals surface area (Å²) in [5, 5.41) is 0. The van der Waals surface area contributed by atoms with E-state index in [-0.39, 0.29) is 10.3 Å². The van der Waals surface area contributed by atoms with Crippen LogP contribution in [0.2, 0.25) is 0 Å². The van der Waals surface area contributed by atoms with Crippen LogP contribution >= 0.6 is 0 Å². The molecule has 0 aliphatic rings. The molecule has 0 radical (unpaired) electrons. The lowest BCUT2D eigenvalue weighted by molar-refractivity contribution is 0.0943. The van der Waals surface area contributed by atoms with Gasteiger partial charge in [0.2, 0.25) is 5.82 Å². The highest BCUT2D eigenvalue weighted by Gasteiger charge is 2.16. The minimum absolute atomic E-state index is 0.120. The molecule has 2 rings (SSSR count). The number of carbonyl (C=O) groups excluding carboxylic acids is 1. The molecule has 0 spiro atoms. The fourth-order valence-corrected chi connectivity index (χ4v) is 1.24. The second kappa shape index (κ2) is 4.12. The summed E-state index contributed by atoms with van der Waals surface area (Å²) in [5.74, 6) is -2.19. The Labute approximate surface area is 93.4 Å². The van der Waals surface area contributed by atoms with Crippen molar-refractivity contribution < 1.29 is 9.18 Å². The lowest BCUT2D eigenvalue weighted by atomic mass is 10.3. The number of aromatic nitrogens is 3. The molecule has 0 aromatic carbocycles. The maximum atomic E-state index is 13.0. The summed E-state index contributed by atoms with van der Waals surface area (Å²) in [4.78, 5) is 40.0. The van der Waals surface area contributed by atoms with Crippen molar-refractivity contribution in [2.75, 3.05) is 0 Å². The highest BCUT2D eigenvalue weighted by molar-refractivity contribution is 5.93. The molecule has 0 atom stereocenters. The Morgan fingerprint density at radius 1 is 1.35 bits per heavy atom. The van der Waals surface area contributed by atoms with E-state index >= 15 is 0 Å². The SMILES string of the molecule is O=C(c1ccccn1)n1c(=O)[nH]cc(F)c1=O. The monoisotopic (exact) mass is 235 g/mol. The van der Waals surface area contributed by atoms with E-state index in [1.54, 1.807) is 6.07 Å². The van der Waals surface area contributed by atoms with Crippen LogP contribution in [0.25, 0.3) is 0 Å². The molecule has 0 amide bonds. The van der Waals surface area contributed by atoms with Crippen molar-refractivity contribution in [2.45, 2.75) is 0 Å². The van der Waals surface area contributed by atoms with E-state index in [0.717, 1.165) is 0 Å². The molecule has 2 aromatic rings. The van der Waals surface area contributed by atoms with Gasteiger partial charge in [-0.15, -0.1) is 0 Å². The minimum atomic E-state index is -1.30. The predicted molar refractivity (Wildman–Crippen MR) is 55.2 cm³/mol. The number of hydrogen-bond acceptors (Lipinski definition) is 4. The van der Waals surface area contributed by atoms with Crippen molar-refractivity contribution in [1.82, 2.24) is 14.5 Å². The van der Waals surface area contributed by atoms with E-state index in [0.29, 0.717) is 6.20 Å². The third-order valence-corrected chi connectivity index (χ3v) is 2.02. The van der Waals surface area contributed by atoms with Crippen molar-refractivity contribution in [1.29, 1.82) is 0 Å². The zero-order valence-electron chi connectivity index (χ0n) is 8.38. The Bertz CT molecular complexity index is 675. The van der Waals surface area contributed by atoms with Gasteiger partial charge in [0.1, 0.15) is 5.69 Å². The third-order valence-electron chi connectivity index (χ3n) is 2.02. The van der Waals surface area contributed by atoms with E-state index in [1.807, 2.05) is 4.98 Å². The van der Waals surface area contributed by atoms with Crippen LogP contribution in [0.1, 0.15) is 10.5 Å². The summed E-state index contributed by atoms with van der Waals surface area (Å²) in [6.07, 6.45) is 1.93. The second-order valence-corrected chi connectivity index (χ2v) is 3.10. The summed E-state index contributed by atoms with van der Waals surface area (Å²) < 4.78 is 13.1. The molecule has 2 heterocycles. The van der Waals surface area contributed by atoms with Gasteiger partial charge in [-0.2, -0.15) is 8.96 Å². The third kappa shape index (κ3) is 1.89. The zero-order chi connectivity index (χ0) is 12.4. The van der Waals surface area contributed by atoms with Crippen LogP contribution in [0, 0.1) is 5.82 Å². The summed E-state index contributed by atoms with van der Waals surface area (Å²) in [6.45, 7) is 0. The Balaban J connectivity index is 2.64. The zero-order valence-corrected chi connectivity index (χ0v) is 8.38. The number of nitrogens with one attached hydrogen (secondary N) is 1. The standard InChI is InChI=1S/C10H6FN3O3/c11-6-5-13-10(17)14(8(6)15)9(16)7-3-1-2-4-12-7/h1-5H,(H,13,17). The van der Waals surface area contributed by atoms with E-state index in [4.69, 9.17) is 0 Å². The van der Waals surface area contributed by atoms with Crippen LogP contribution in [-0.4, -0.2) is 20.4 Å². The van der Waals surface area contributed by atoms with Gasteiger partial charge in [-0.25, -0.2) is 4.79 Å². The minimum Gasteiger partial charge on any atom is -0.311 e. The average Bonchev–Trinajstić information content (AvgIpc) is 2.35. The quantitative estimate of drug-likeness (QED) is 0.739. The smallest absolute Gasteiger partial charge is 0.311 e. The molecule has 0 bridgehead atoms. The number of hydrogen-bond donors (Lipinski definition) is 1. The van der Waals surface area contributed by atoms with Crippen LogP contribution in [0.5, 0.6) is 0 Å². The number of H-pyrrole nitrogens is 1. The maximum absolute atomic E-state index is 13.0. The van der Waals surface area contributed by atoms with Gasteiger partial charge < -0.3 is 4.98 Å². The van der Waals surface area contributed by atoms with Crippen molar-refractivity contribution in [3.63, 3.8) is 0 Å². The van der Waals surface area contributed by atoms with Gasteiger partial charge in [-0.05, 0) is 12.1 Å². The molecule has 0 saturated carbocycles. The molecule has 0 saturated heterocycles. The van der Waals surface area contributed by atoms with Gasteiger partial charge in [0, 0.05) is 12.4 Å². The number of carbonyl (C=O) groups is 1. The number of halogens is 1. The van der Waals surface area contributed by atoms with Crippen molar-refractivity contribution in [3.05, 3.63) is 62.9 Å². The summed E-state index contributed by atoms with van der Waals surface area (Å²) in [7, 11) is 0. The molecule has 17 heavy (non-hydrogen) atoms. The Morgan fingerprint density at radius 3 is 2.76 bits per heavy atom. The first-order valence-corrected chi connectivity index (χ1v) is 4.57. The first-order chi connectivity index (χ1) is 8.11. The van der Waals surface area contributed by atoms with Gasteiger partial charge in [0.05, 0.1) is 0 Å². The van der Waals surface area contributed by atoms with Gasteiger partial charge in [-0.3, -0.25) is 14.6 Å². The van der Waals surface area contributed by atoms with Crippen molar-refractivity contribution >= 4 is 5.91 Å². The molecule has 0 aliphatic carbocycles. The Kier molecular flexibility index (Phi) is 2.65. The number of nitrogens with zero attached hydrogens (tertiary/aromatic N) is 2. The van der Waals surface area contributed by atoms with Crippen LogP contribution in [0.3, 0.4) is 0 Å². The molecular formula is C10H6FN3O3. The predicted octanol–water partition coefficient (Wildman–Crippen LogP) is -0.241. The molecule has 2 aromatic heterocycles. The molecule has 0 aliphatic heterocycles. The number of rotatable bonds is 1. The molecule has 0 fully saturated rings. The fourth-order valence-electron chi connectivity index (χ4n) is 1.24. The average molecular weight is 235 g/mol. The van der Waals surface area contributed by atoms with Gasteiger partial charge in [0.25, 0.3) is 11.5 Å². The summed E-state index contributed by atoms with van der Waals surface area (Å²) in [5.41, 5.74) is -2.43. The van der Waals surface area contributed by atoms with E-state index in [1.165, 1.54) is 18.3 Å². The van der Waals surface area contributed by atoms with Gasteiger partial charge >= 0.3 is 5.69 Å². The maximum Gasteiger partial charge on any atom is 0.335 e. The summed E-state index contributed by atoms with van der Waals surface area (Å²) in [6, 6.07) is 4.40.